The van der Waals surface area contributed by atoms with E-state index in [1.165, 1.54) is 0 Å². The molecule has 16 heavy (non-hydrogen) atoms. The Bertz CT molecular complexity index is 475. The van der Waals surface area contributed by atoms with Crippen LogP contribution in [0.4, 0.5) is 0 Å². The standard InChI is InChI=1S/C11H13BrN4/c1-8-9(4-13)6-16(15-8)7-11-3-2-10(12)5-14-11/h2-3,5-6H,4,7,13H2,1H3. The van der Waals surface area contributed by atoms with Gasteiger partial charge in [-0.25, -0.2) is 0 Å². The molecule has 0 atom stereocenters. The number of hydrogen-bond acceptors (Lipinski definition) is 3. The van der Waals surface area contributed by atoms with Crippen molar-refractivity contribution < 1.29 is 0 Å². The highest BCUT2D eigenvalue weighted by Gasteiger charge is 2.03. The third kappa shape index (κ3) is 2.48. The maximum Gasteiger partial charge on any atom is 0.0831 e. The molecule has 2 N–H and O–H groups in total. The van der Waals surface area contributed by atoms with E-state index in [4.69, 9.17) is 5.73 Å². The summed E-state index contributed by atoms with van der Waals surface area (Å²) in [6, 6.07) is 3.95. The van der Waals surface area contributed by atoms with Crippen LogP contribution in [0, 0.1) is 6.92 Å². The van der Waals surface area contributed by atoms with Crippen molar-refractivity contribution in [3.63, 3.8) is 0 Å². The van der Waals surface area contributed by atoms with Crippen LogP contribution in [0.2, 0.25) is 0 Å². The van der Waals surface area contributed by atoms with Gasteiger partial charge in [-0.1, -0.05) is 0 Å². The van der Waals surface area contributed by atoms with Crippen LogP contribution in [-0.2, 0) is 13.1 Å². The lowest BCUT2D eigenvalue weighted by molar-refractivity contribution is 0.665. The first-order chi connectivity index (χ1) is 7.69. The molecule has 0 saturated carbocycles. The molecule has 0 saturated heterocycles. The van der Waals surface area contributed by atoms with E-state index in [-0.39, 0.29) is 0 Å². The quantitative estimate of drug-likeness (QED) is 0.934. The first-order valence-electron chi connectivity index (χ1n) is 5.02. The Morgan fingerprint density at radius 2 is 2.25 bits per heavy atom. The maximum atomic E-state index is 5.60. The van der Waals surface area contributed by atoms with E-state index in [0.29, 0.717) is 13.1 Å². The van der Waals surface area contributed by atoms with Crippen molar-refractivity contribution in [2.45, 2.75) is 20.0 Å². The zero-order valence-corrected chi connectivity index (χ0v) is 10.6. The van der Waals surface area contributed by atoms with Gasteiger partial charge in [-0.2, -0.15) is 5.10 Å². The second-order valence-corrected chi connectivity index (χ2v) is 4.52. The number of pyridine rings is 1. The molecule has 0 fully saturated rings. The first kappa shape index (κ1) is 11.3. The maximum absolute atomic E-state index is 5.60. The minimum absolute atomic E-state index is 0.527. The predicted molar refractivity (Wildman–Crippen MR) is 65.9 cm³/mol. The van der Waals surface area contributed by atoms with E-state index in [1.807, 2.05) is 29.9 Å². The summed E-state index contributed by atoms with van der Waals surface area (Å²) in [6.45, 7) is 3.17. The fourth-order valence-electron chi connectivity index (χ4n) is 1.51. The molecular formula is C11H13BrN4. The summed E-state index contributed by atoms with van der Waals surface area (Å²) in [5.74, 6) is 0. The Balaban J connectivity index is 2.17. The number of nitrogens with two attached hydrogens (primary N) is 1. The van der Waals surface area contributed by atoms with Gasteiger partial charge in [0.25, 0.3) is 0 Å². The molecule has 0 bridgehead atoms. The van der Waals surface area contributed by atoms with Crippen LogP contribution in [-0.4, -0.2) is 14.8 Å². The number of halogens is 1. The van der Waals surface area contributed by atoms with E-state index in [0.717, 1.165) is 21.4 Å². The van der Waals surface area contributed by atoms with Crippen molar-refractivity contribution in [1.82, 2.24) is 14.8 Å². The van der Waals surface area contributed by atoms with Gasteiger partial charge in [-0.15, -0.1) is 0 Å². The number of rotatable bonds is 3. The molecule has 5 heteroatoms. The monoisotopic (exact) mass is 280 g/mol. The zero-order valence-electron chi connectivity index (χ0n) is 9.02. The Kier molecular flexibility index (Phi) is 3.36. The number of aromatic nitrogens is 3. The Hall–Kier alpha value is -1.20. The molecule has 0 aliphatic heterocycles. The lowest BCUT2D eigenvalue weighted by Gasteiger charge is -2.00. The third-order valence-electron chi connectivity index (χ3n) is 2.38. The topological polar surface area (TPSA) is 56.7 Å². The highest BCUT2D eigenvalue weighted by molar-refractivity contribution is 9.10. The molecule has 0 spiro atoms. The zero-order chi connectivity index (χ0) is 11.5. The lowest BCUT2D eigenvalue weighted by Crippen LogP contribution is -2.02. The molecule has 0 radical (unpaired) electrons. The van der Waals surface area contributed by atoms with Gasteiger partial charge in [-0.05, 0) is 35.0 Å². The van der Waals surface area contributed by atoms with Crippen LogP contribution in [0.5, 0.6) is 0 Å². The van der Waals surface area contributed by atoms with Crippen LogP contribution in [0.25, 0.3) is 0 Å². The van der Waals surface area contributed by atoms with E-state index in [1.54, 1.807) is 6.20 Å². The molecule has 0 aromatic carbocycles. The van der Waals surface area contributed by atoms with Gasteiger partial charge in [0.2, 0.25) is 0 Å². The molecule has 0 amide bonds. The summed E-state index contributed by atoms with van der Waals surface area (Å²) in [5.41, 5.74) is 8.65. The molecule has 2 heterocycles. The van der Waals surface area contributed by atoms with E-state index in [9.17, 15) is 0 Å². The average molecular weight is 281 g/mol. The molecule has 0 unspecified atom stereocenters. The molecule has 0 aliphatic carbocycles. The summed E-state index contributed by atoms with van der Waals surface area (Å²) < 4.78 is 2.85. The van der Waals surface area contributed by atoms with Gasteiger partial charge in [0, 0.05) is 29.0 Å². The van der Waals surface area contributed by atoms with Gasteiger partial charge in [0.15, 0.2) is 0 Å². The Morgan fingerprint density at radius 1 is 1.44 bits per heavy atom. The van der Waals surface area contributed by atoms with Crippen LogP contribution in [0.3, 0.4) is 0 Å². The first-order valence-corrected chi connectivity index (χ1v) is 5.82. The molecule has 2 aromatic rings. The van der Waals surface area contributed by atoms with E-state index < -0.39 is 0 Å². The van der Waals surface area contributed by atoms with Gasteiger partial charge < -0.3 is 5.73 Å². The van der Waals surface area contributed by atoms with Gasteiger partial charge in [-0.3, -0.25) is 9.67 Å². The predicted octanol–water partition coefficient (Wildman–Crippen LogP) is 1.86. The molecule has 84 valence electrons. The highest BCUT2D eigenvalue weighted by atomic mass is 79.9. The summed E-state index contributed by atoms with van der Waals surface area (Å²) in [6.07, 6.45) is 3.76. The largest absolute Gasteiger partial charge is 0.326 e. The Labute approximate surface area is 103 Å². The van der Waals surface area contributed by atoms with Crippen LogP contribution < -0.4 is 5.73 Å². The average Bonchev–Trinajstić information content (AvgIpc) is 2.62. The van der Waals surface area contributed by atoms with Crippen molar-refractivity contribution in [2.24, 2.45) is 5.73 Å². The second-order valence-electron chi connectivity index (χ2n) is 3.61. The lowest BCUT2D eigenvalue weighted by atomic mass is 10.3. The highest BCUT2D eigenvalue weighted by Crippen LogP contribution is 2.10. The van der Waals surface area contributed by atoms with Gasteiger partial charge in [0.1, 0.15) is 0 Å². The van der Waals surface area contributed by atoms with Gasteiger partial charge in [0.05, 0.1) is 17.9 Å². The van der Waals surface area contributed by atoms with Crippen molar-refractivity contribution >= 4 is 15.9 Å². The molecule has 4 nitrogen and oxygen atoms in total. The number of aryl methyl sites for hydroxylation is 1. The normalized spacial score (nSPS) is 10.7. The fraction of sp³-hybridized carbons (Fsp3) is 0.273. The fourth-order valence-corrected chi connectivity index (χ4v) is 1.74. The molecular weight excluding hydrogens is 268 g/mol. The molecule has 2 rings (SSSR count). The summed E-state index contributed by atoms with van der Waals surface area (Å²) >= 11 is 3.36. The minimum Gasteiger partial charge on any atom is -0.326 e. The van der Waals surface area contributed by atoms with Gasteiger partial charge >= 0.3 is 0 Å². The second kappa shape index (κ2) is 4.76. The Morgan fingerprint density at radius 3 is 2.81 bits per heavy atom. The summed E-state index contributed by atoms with van der Waals surface area (Å²) in [7, 11) is 0. The SMILES string of the molecule is Cc1nn(Cc2ccc(Br)cn2)cc1CN. The van der Waals surface area contributed by atoms with Crippen molar-refractivity contribution in [2.75, 3.05) is 0 Å². The van der Waals surface area contributed by atoms with Crippen molar-refractivity contribution in [3.8, 4) is 0 Å². The molecule has 2 aromatic heterocycles. The van der Waals surface area contributed by atoms with Crippen LogP contribution in [0.1, 0.15) is 17.0 Å². The number of hydrogen-bond donors (Lipinski definition) is 1. The van der Waals surface area contributed by atoms with Crippen LogP contribution in [0.15, 0.2) is 29.0 Å². The van der Waals surface area contributed by atoms with E-state index in [2.05, 4.69) is 26.0 Å². The third-order valence-corrected chi connectivity index (χ3v) is 2.85. The van der Waals surface area contributed by atoms with Crippen LogP contribution >= 0.6 is 15.9 Å². The summed E-state index contributed by atoms with van der Waals surface area (Å²) in [4.78, 5) is 4.30. The smallest absolute Gasteiger partial charge is 0.0831 e. The van der Waals surface area contributed by atoms with Crippen molar-refractivity contribution in [3.05, 3.63) is 46.0 Å². The van der Waals surface area contributed by atoms with E-state index >= 15 is 0 Å². The molecule has 0 aliphatic rings. The van der Waals surface area contributed by atoms with Crippen molar-refractivity contribution in [1.29, 1.82) is 0 Å². The number of nitrogens with zero attached hydrogens (tertiary/aromatic N) is 3. The summed E-state index contributed by atoms with van der Waals surface area (Å²) in [5, 5.41) is 4.38. The minimum atomic E-state index is 0.527.